The van der Waals surface area contributed by atoms with E-state index in [0.717, 1.165) is 24.0 Å². The number of hydrogen-bond acceptors (Lipinski definition) is 4. The highest BCUT2D eigenvalue weighted by Crippen LogP contribution is 2.29. The van der Waals surface area contributed by atoms with E-state index in [1.54, 1.807) is 4.90 Å². The lowest BCUT2D eigenvalue weighted by molar-refractivity contribution is -0.139. The van der Waals surface area contributed by atoms with Gasteiger partial charge in [0.15, 0.2) is 0 Å². The predicted octanol–water partition coefficient (Wildman–Crippen LogP) is 1.12. The van der Waals surface area contributed by atoms with E-state index in [-0.39, 0.29) is 30.6 Å². The largest absolute Gasteiger partial charge is 0.480 e. The summed E-state index contributed by atoms with van der Waals surface area (Å²) in [6.45, 7) is 5.44. The number of aliphatic carboxylic acids is 1. The minimum Gasteiger partial charge on any atom is -0.480 e. The number of carbonyl (C=O) groups is 3. The summed E-state index contributed by atoms with van der Waals surface area (Å²) in [5.74, 6) is -1.00. The van der Waals surface area contributed by atoms with Crippen LogP contribution >= 0.6 is 0 Å². The molecule has 1 unspecified atom stereocenters. The van der Waals surface area contributed by atoms with Gasteiger partial charge in [-0.1, -0.05) is 31.2 Å². The fraction of sp³-hybridized carbons (Fsp3) is 0.550. The molecule has 1 aromatic carbocycles. The highest BCUT2D eigenvalue weighted by atomic mass is 16.4. The Kier molecular flexibility index (Phi) is 6.18. The van der Waals surface area contributed by atoms with E-state index in [1.807, 2.05) is 43.0 Å². The summed E-state index contributed by atoms with van der Waals surface area (Å²) in [5.41, 5.74) is 1.80. The number of rotatable bonds is 6. The molecule has 1 atom stereocenters. The van der Waals surface area contributed by atoms with E-state index in [2.05, 4.69) is 10.6 Å². The molecule has 0 radical (unpaired) electrons. The van der Waals surface area contributed by atoms with E-state index in [4.69, 9.17) is 5.11 Å². The van der Waals surface area contributed by atoms with E-state index in [0.29, 0.717) is 19.6 Å². The molecule has 0 aromatic heterocycles. The Morgan fingerprint density at radius 1 is 1.32 bits per heavy atom. The van der Waals surface area contributed by atoms with Gasteiger partial charge in [-0.2, -0.15) is 0 Å². The number of urea groups is 1. The summed E-state index contributed by atoms with van der Waals surface area (Å²) in [4.78, 5) is 39.9. The maximum atomic E-state index is 12.9. The summed E-state index contributed by atoms with van der Waals surface area (Å²) in [6.07, 6.45) is 1.45. The van der Waals surface area contributed by atoms with Crippen LogP contribution in [-0.2, 0) is 9.59 Å². The van der Waals surface area contributed by atoms with Crippen molar-refractivity contribution in [1.82, 2.24) is 20.4 Å². The van der Waals surface area contributed by atoms with Gasteiger partial charge >= 0.3 is 12.0 Å². The first kappa shape index (κ1) is 20.1. The molecule has 0 spiro atoms. The minimum atomic E-state index is -0.838. The lowest BCUT2D eigenvalue weighted by Crippen LogP contribution is -2.60. The third-order valence-corrected chi connectivity index (χ3v) is 5.66. The minimum absolute atomic E-state index is 0.00264. The lowest BCUT2D eigenvalue weighted by Gasteiger charge is -2.44. The Morgan fingerprint density at radius 2 is 2.04 bits per heavy atom. The second kappa shape index (κ2) is 8.60. The maximum Gasteiger partial charge on any atom is 0.318 e. The van der Waals surface area contributed by atoms with Crippen molar-refractivity contribution < 1.29 is 19.5 Å². The van der Waals surface area contributed by atoms with Gasteiger partial charge in [-0.25, -0.2) is 4.79 Å². The molecule has 1 aliphatic heterocycles. The van der Waals surface area contributed by atoms with Crippen LogP contribution in [0.5, 0.6) is 0 Å². The predicted molar refractivity (Wildman–Crippen MR) is 104 cm³/mol. The van der Waals surface area contributed by atoms with E-state index < -0.39 is 12.0 Å². The Labute approximate surface area is 164 Å². The summed E-state index contributed by atoms with van der Waals surface area (Å²) in [6, 6.07) is 6.90. The number of carboxylic acid groups (broad SMARTS) is 1. The van der Waals surface area contributed by atoms with Crippen LogP contribution in [-0.4, -0.2) is 71.1 Å². The first-order valence-electron chi connectivity index (χ1n) is 9.77. The number of hydrogen-bond donors (Lipinski definition) is 3. The van der Waals surface area contributed by atoms with Gasteiger partial charge in [-0.3, -0.25) is 14.5 Å². The fourth-order valence-corrected chi connectivity index (χ4v) is 4.02. The van der Waals surface area contributed by atoms with E-state index in [1.165, 1.54) is 0 Å². The molecule has 1 saturated heterocycles. The number of amides is 3. The van der Waals surface area contributed by atoms with Crippen LogP contribution in [0.15, 0.2) is 24.3 Å². The van der Waals surface area contributed by atoms with Crippen LogP contribution in [0, 0.1) is 6.92 Å². The standard InChI is InChI=1S/C20H28N4O4/c1-3-23(12-17(25)26)15-10-14(11-15)22-20(28)24-9-8-21-19(27)18(24)16-7-5-4-6-13(16)2/h4-7,14-15,18H,3,8-12H2,1-2H3,(H,21,27)(H,22,28)(H,25,26). The molecule has 2 fully saturated rings. The maximum absolute atomic E-state index is 12.9. The number of carbonyl (C=O) groups excluding carboxylic acids is 2. The number of nitrogens with zero attached hydrogens (tertiary/aromatic N) is 2. The van der Waals surface area contributed by atoms with Crippen LogP contribution in [0.1, 0.15) is 36.9 Å². The SMILES string of the molecule is CCN(CC(=O)O)C1CC(NC(=O)N2CCNC(=O)C2c2ccccc2C)C1. The molecule has 3 rings (SSSR count). The summed E-state index contributed by atoms with van der Waals surface area (Å²) >= 11 is 0. The zero-order chi connectivity index (χ0) is 20.3. The van der Waals surface area contributed by atoms with Crippen LogP contribution in [0.2, 0.25) is 0 Å². The fourth-order valence-electron chi connectivity index (χ4n) is 4.02. The molecule has 1 aliphatic carbocycles. The Hall–Kier alpha value is -2.61. The van der Waals surface area contributed by atoms with Crippen molar-refractivity contribution in [3.8, 4) is 0 Å². The van der Waals surface area contributed by atoms with Crippen LogP contribution in [0.3, 0.4) is 0 Å². The summed E-state index contributed by atoms with van der Waals surface area (Å²) in [5, 5.41) is 14.9. The molecular formula is C20H28N4O4. The zero-order valence-electron chi connectivity index (χ0n) is 16.4. The summed E-state index contributed by atoms with van der Waals surface area (Å²) < 4.78 is 0. The number of benzene rings is 1. The van der Waals surface area contributed by atoms with Gasteiger partial charge in [0, 0.05) is 25.2 Å². The second-order valence-electron chi connectivity index (χ2n) is 7.47. The molecule has 8 nitrogen and oxygen atoms in total. The molecule has 152 valence electrons. The molecule has 2 aliphatic rings. The average Bonchev–Trinajstić information content (AvgIpc) is 2.63. The molecule has 3 amide bonds. The molecule has 3 N–H and O–H groups in total. The van der Waals surface area contributed by atoms with Gasteiger partial charge in [-0.15, -0.1) is 0 Å². The van der Waals surface area contributed by atoms with Gasteiger partial charge in [0.05, 0.1) is 6.54 Å². The number of likely N-dealkylation sites (N-methyl/N-ethyl adjacent to an activating group) is 1. The lowest BCUT2D eigenvalue weighted by atomic mass is 9.85. The van der Waals surface area contributed by atoms with E-state index >= 15 is 0 Å². The third kappa shape index (κ3) is 4.27. The third-order valence-electron chi connectivity index (χ3n) is 5.66. The normalized spacial score (nSPS) is 24.5. The van der Waals surface area contributed by atoms with Gasteiger partial charge in [0.1, 0.15) is 6.04 Å². The molecule has 1 saturated carbocycles. The molecule has 1 heterocycles. The Balaban J connectivity index is 1.63. The highest BCUT2D eigenvalue weighted by molar-refractivity contribution is 5.89. The van der Waals surface area contributed by atoms with Crippen molar-refractivity contribution in [2.24, 2.45) is 0 Å². The van der Waals surface area contributed by atoms with Gasteiger partial charge in [0.2, 0.25) is 5.91 Å². The van der Waals surface area contributed by atoms with Gasteiger partial charge in [0.25, 0.3) is 0 Å². The van der Waals surface area contributed by atoms with Crippen LogP contribution < -0.4 is 10.6 Å². The van der Waals surface area contributed by atoms with Crippen LogP contribution in [0.4, 0.5) is 4.79 Å². The van der Waals surface area contributed by atoms with Crippen molar-refractivity contribution in [2.45, 2.75) is 44.8 Å². The van der Waals surface area contributed by atoms with Crippen molar-refractivity contribution >= 4 is 17.9 Å². The summed E-state index contributed by atoms with van der Waals surface area (Å²) in [7, 11) is 0. The first-order valence-corrected chi connectivity index (χ1v) is 9.77. The van der Waals surface area contributed by atoms with Crippen molar-refractivity contribution in [1.29, 1.82) is 0 Å². The molecular weight excluding hydrogens is 360 g/mol. The number of piperazine rings is 1. The topological polar surface area (TPSA) is 102 Å². The molecule has 1 aromatic rings. The number of aryl methyl sites for hydroxylation is 1. The smallest absolute Gasteiger partial charge is 0.318 e. The van der Waals surface area contributed by atoms with Gasteiger partial charge < -0.3 is 20.6 Å². The Bertz CT molecular complexity index is 747. The number of nitrogens with one attached hydrogen (secondary N) is 2. The highest BCUT2D eigenvalue weighted by Gasteiger charge is 2.39. The quantitative estimate of drug-likeness (QED) is 0.678. The zero-order valence-corrected chi connectivity index (χ0v) is 16.4. The average molecular weight is 388 g/mol. The van der Waals surface area contributed by atoms with Gasteiger partial charge in [-0.05, 0) is 37.4 Å². The van der Waals surface area contributed by atoms with E-state index in [9.17, 15) is 14.4 Å². The van der Waals surface area contributed by atoms with Crippen LogP contribution in [0.25, 0.3) is 0 Å². The second-order valence-corrected chi connectivity index (χ2v) is 7.47. The molecule has 28 heavy (non-hydrogen) atoms. The van der Waals surface area contributed by atoms with Crippen molar-refractivity contribution in [3.63, 3.8) is 0 Å². The van der Waals surface area contributed by atoms with Crippen molar-refractivity contribution in [2.75, 3.05) is 26.2 Å². The Morgan fingerprint density at radius 3 is 2.68 bits per heavy atom. The van der Waals surface area contributed by atoms with Crippen molar-refractivity contribution in [3.05, 3.63) is 35.4 Å². The molecule has 0 bridgehead atoms. The molecule has 8 heteroatoms. The monoisotopic (exact) mass is 388 g/mol. The number of carboxylic acids is 1. The first-order chi connectivity index (χ1) is 13.4.